The molecule has 0 atom stereocenters. The van der Waals surface area contributed by atoms with Crippen LogP contribution in [0.15, 0.2) is 41.2 Å². The highest BCUT2D eigenvalue weighted by molar-refractivity contribution is 5.57. The molecular formula is C14H14N2O. The van der Waals surface area contributed by atoms with Crippen LogP contribution in [-0.2, 0) is 0 Å². The van der Waals surface area contributed by atoms with Crippen molar-refractivity contribution in [3.8, 4) is 11.4 Å². The average Bonchev–Trinajstić information content (AvgIpc) is 2.35. The molecule has 1 aromatic carbocycles. The Balaban J connectivity index is 2.57. The molecule has 0 radical (unpaired) electrons. The van der Waals surface area contributed by atoms with Crippen molar-refractivity contribution < 1.29 is 0 Å². The second-order valence-corrected chi connectivity index (χ2v) is 3.78. The monoisotopic (exact) mass is 226 g/mol. The molecule has 86 valence electrons. The van der Waals surface area contributed by atoms with Crippen molar-refractivity contribution in [2.24, 2.45) is 0 Å². The number of hydrogen-bond acceptors (Lipinski definition) is 2. The van der Waals surface area contributed by atoms with Gasteiger partial charge in [-0.2, -0.15) is 0 Å². The zero-order valence-electron chi connectivity index (χ0n) is 9.90. The summed E-state index contributed by atoms with van der Waals surface area (Å²) in [5.41, 5.74) is 2.17. The minimum Gasteiger partial charge on any atom is -0.306 e. The van der Waals surface area contributed by atoms with Crippen LogP contribution in [0.3, 0.4) is 0 Å². The van der Waals surface area contributed by atoms with Gasteiger partial charge in [0.1, 0.15) is 5.82 Å². The van der Waals surface area contributed by atoms with E-state index in [2.05, 4.69) is 9.97 Å². The van der Waals surface area contributed by atoms with Crippen LogP contribution in [0.2, 0.25) is 0 Å². The predicted molar refractivity (Wildman–Crippen MR) is 69.7 cm³/mol. The maximum Gasteiger partial charge on any atom is 0.258 e. The third kappa shape index (κ3) is 2.33. The van der Waals surface area contributed by atoms with E-state index in [0.717, 1.165) is 11.3 Å². The molecule has 3 nitrogen and oxygen atoms in total. The average molecular weight is 226 g/mol. The van der Waals surface area contributed by atoms with Crippen molar-refractivity contribution >= 4 is 6.08 Å². The molecule has 0 amide bonds. The van der Waals surface area contributed by atoms with Crippen molar-refractivity contribution in [1.82, 2.24) is 9.97 Å². The lowest BCUT2D eigenvalue weighted by atomic mass is 10.2. The molecule has 0 fully saturated rings. The van der Waals surface area contributed by atoms with Crippen molar-refractivity contribution in [3.05, 3.63) is 58.0 Å². The molecule has 1 N–H and O–H groups in total. The van der Waals surface area contributed by atoms with Gasteiger partial charge in [-0.1, -0.05) is 42.5 Å². The maximum atomic E-state index is 11.9. The van der Waals surface area contributed by atoms with Crippen LogP contribution in [0.5, 0.6) is 0 Å². The Bertz CT molecular complexity index is 597. The van der Waals surface area contributed by atoms with E-state index >= 15 is 0 Å². The number of aromatic nitrogens is 2. The SMILES string of the molecule is C/C=C/c1c(C)nc(-c2ccccc2)[nH]c1=O. The highest BCUT2D eigenvalue weighted by Gasteiger charge is 2.06. The van der Waals surface area contributed by atoms with Gasteiger partial charge in [0.25, 0.3) is 5.56 Å². The second kappa shape index (κ2) is 4.78. The number of aryl methyl sites for hydroxylation is 1. The van der Waals surface area contributed by atoms with Gasteiger partial charge in [0.05, 0.1) is 11.3 Å². The Morgan fingerprint density at radius 1 is 1.24 bits per heavy atom. The van der Waals surface area contributed by atoms with Crippen molar-refractivity contribution in [1.29, 1.82) is 0 Å². The van der Waals surface area contributed by atoms with E-state index in [1.54, 1.807) is 6.08 Å². The van der Waals surface area contributed by atoms with Gasteiger partial charge < -0.3 is 4.98 Å². The van der Waals surface area contributed by atoms with E-state index in [0.29, 0.717) is 11.4 Å². The number of rotatable bonds is 2. The predicted octanol–water partition coefficient (Wildman–Crippen LogP) is 2.78. The molecule has 2 aromatic rings. The second-order valence-electron chi connectivity index (χ2n) is 3.78. The number of benzene rings is 1. The van der Waals surface area contributed by atoms with Gasteiger partial charge in [-0.3, -0.25) is 4.79 Å². The Hall–Kier alpha value is -2.16. The fraction of sp³-hybridized carbons (Fsp3) is 0.143. The van der Waals surface area contributed by atoms with Crippen LogP contribution < -0.4 is 5.56 Å². The maximum absolute atomic E-state index is 11.9. The smallest absolute Gasteiger partial charge is 0.258 e. The van der Waals surface area contributed by atoms with E-state index in [-0.39, 0.29) is 5.56 Å². The summed E-state index contributed by atoms with van der Waals surface area (Å²) in [7, 11) is 0. The molecule has 17 heavy (non-hydrogen) atoms. The van der Waals surface area contributed by atoms with Gasteiger partial charge in [0.15, 0.2) is 0 Å². The lowest BCUT2D eigenvalue weighted by molar-refractivity contribution is 1.06. The first kappa shape index (κ1) is 11.3. The number of aromatic amines is 1. The van der Waals surface area contributed by atoms with Gasteiger partial charge in [-0.05, 0) is 13.8 Å². The molecule has 2 rings (SSSR count). The third-order valence-corrected chi connectivity index (χ3v) is 2.53. The first-order valence-corrected chi connectivity index (χ1v) is 5.51. The number of nitrogens with one attached hydrogen (secondary N) is 1. The van der Waals surface area contributed by atoms with Gasteiger partial charge in [-0.25, -0.2) is 4.98 Å². The highest BCUT2D eigenvalue weighted by Crippen LogP contribution is 2.13. The van der Waals surface area contributed by atoms with E-state index in [1.165, 1.54) is 0 Å². The van der Waals surface area contributed by atoms with E-state index < -0.39 is 0 Å². The molecule has 1 heterocycles. The summed E-state index contributed by atoms with van der Waals surface area (Å²) >= 11 is 0. The molecule has 3 heteroatoms. The standard InChI is InChI=1S/C14H14N2O/c1-3-7-12-10(2)15-13(16-14(12)17)11-8-5-4-6-9-11/h3-9H,1-2H3,(H,15,16,17)/b7-3+. The van der Waals surface area contributed by atoms with Crippen molar-refractivity contribution in [2.75, 3.05) is 0 Å². The largest absolute Gasteiger partial charge is 0.306 e. The number of H-pyrrole nitrogens is 1. The third-order valence-electron chi connectivity index (χ3n) is 2.53. The zero-order chi connectivity index (χ0) is 12.3. The summed E-state index contributed by atoms with van der Waals surface area (Å²) in [5, 5.41) is 0. The summed E-state index contributed by atoms with van der Waals surface area (Å²) in [6, 6.07) is 9.62. The lowest BCUT2D eigenvalue weighted by Crippen LogP contribution is -2.14. The summed E-state index contributed by atoms with van der Waals surface area (Å²) in [5.74, 6) is 0.612. The molecule has 0 aliphatic carbocycles. The first-order chi connectivity index (χ1) is 8.22. The van der Waals surface area contributed by atoms with E-state index in [9.17, 15) is 4.79 Å². The Morgan fingerprint density at radius 3 is 2.53 bits per heavy atom. The van der Waals surface area contributed by atoms with Gasteiger partial charge in [-0.15, -0.1) is 0 Å². The first-order valence-electron chi connectivity index (χ1n) is 5.51. The van der Waals surface area contributed by atoms with Gasteiger partial charge in [0.2, 0.25) is 0 Å². The summed E-state index contributed by atoms with van der Waals surface area (Å²) in [4.78, 5) is 19.1. The fourth-order valence-electron chi connectivity index (χ4n) is 1.69. The number of nitrogens with zero attached hydrogens (tertiary/aromatic N) is 1. The molecule has 0 saturated carbocycles. The van der Waals surface area contributed by atoms with Crippen LogP contribution in [-0.4, -0.2) is 9.97 Å². The topological polar surface area (TPSA) is 45.8 Å². The lowest BCUT2D eigenvalue weighted by Gasteiger charge is -2.04. The number of hydrogen-bond donors (Lipinski definition) is 1. The Morgan fingerprint density at radius 2 is 1.94 bits per heavy atom. The van der Waals surface area contributed by atoms with Crippen LogP contribution in [0.25, 0.3) is 17.5 Å². The molecule has 0 bridgehead atoms. The molecule has 0 aliphatic heterocycles. The van der Waals surface area contributed by atoms with Gasteiger partial charge >= 0.3 is 0 Å². The minimum atomic E-state index is -0.102. The van der Waals surface area contributed by atoms with Crippen LogP contribution >= 0.6 is 0 Å². The Kier molecular flexibility index (Phi) is 3.19. The fourth-order valence-corrected chi connectivity index (χ4v) is 1.69. The molecule has 1 aromatic heterocycles. The van der Waals surface area contributed by atoms with Crippen molar-refractivity contribution in [3.63, 3.8) is 0 Å². The van der Waals surface area contributed by atoms with Gasteiger partial charge in [0, 0.05) is 5.56 Å². The highest BCUT2D eigenvalue weighted by atomic mass is 16.1. The summed E-state index contributed by atoms with van der Waals surface area (Å²) < 4.78 is 0. The van der Waals surface area contributed by atoms with E-state index in [1.807, 2.05) is 50.3 Å². The van der Waals surface area contributed by atoms with Crippen LogP contribution in [0, 0.1) is 6.92 Å². The molecule has 0 saturated heterocycles. The summed E-state index contributed by atoms with van der Waals surface area (Å²) in [6.07, 6.45) is 3.61. The molecule has 0 unspecified atom stereocenters. The van der Waals surface area contributed by atoms with Crippen LogP contribution in [0.1, 0.15) is 18.2 Å². The Labute approximate surface area is 99.9 Å². The zero-order valence-corrected chi connectivity index (χ0v) is 9.90. The molecule has 0 aliphatic rings. The van der Waals surface area contributed by atoms with Crippen LogP contribution in [0.4, 0.5) is 0 Å². The number of allylic oxidation sites excluding steroid dienone is 1. The molecule has 0 spiro atoms. The molecular weight excluding hydrogens is 212 g/mol. The quantitative estimate of drug-likeness (QED) is 0.855. The minimum absolute atomic E-state index is 0.102. The normalized spacial score (nSPS) is 10.9. The van der Waals surface area contributed by atoms with Crippen molar-refractivity contribution in [2.45, 2.75) is 13.8 Å². The van der Waals surface area contributed by atoms with E-state index in [4.69, 9.17) is 0 Å². The summed E-state index contributed by atoms with van der Waals surface area (Å²) in [6.45, 7) is 3.72.